The summed E-state index contributed by atoms with van der Waals surface area (Å²) in [5.74, 6) is -6.00. The van der Waals surface area contributed by atoms with Crippen molar-refractivity contribution in [3.63, 3.8) is 0 Å². The van der Waals surface area contributed by atoms with Gasteiger partial charge in [-0.1, -0.05) is 0 Å². The van der Waals surface area contributed by atoms with Crippen molar-refractivity contribution >= 4 is 6.47 Å². The van der Waals surface area contributed by atoms with Crippen LogP contribution in [0.4, 0.5) is 30.7 Å². The summed E-state index contributed by atoms with van der Waals surface area (Å²) in [6, 6.07) is 0. The number of hydrogen-bond acceptors (Lipinski definition) is 2. The minimum atomic E-state index is -6.39. The Bertz CT molecular complexity index is 178. The Morgan fingerprint density at radius 2 is 1.15 bits per heavy atom. The molecule has 0 bridgehead atoms. The third-order valence-electron chi connectivity index (χ3n) is 0.912. The molecule has 0 aromatic heterocycles. The molecule has 77 valence electrons. The van der Waals surface area contributed by atoms with Gasteiger partial charge in [0.2, 0.25) is 0 Å². The highest BCUT2D eigenvalue weighted by Crippen LogP contribution is 2.46. The van der Waals surface area contributed by atoms with Crippen molar-refractivity contribution in [2.45, 2.75) is 18.2 Å². The van der Waals surface area contributed by atoms with Gasteiger partial charge in [0.05, 0.1) is 0 Å². The van der Waals surface area contributed by atoms with Crippen LogP contribution < -0.4 is 0 Å². The zero-order chi connectivity index (χ0) is 10.9. The summed E-state index contributed by atoms with van der Waals surface area (Å²) in [5, 5.41) is 0. The number of ether oxygens (including phenoxy) is 1. The maximum atomic E-state index is 12.1. The molecule has 13 heavy (non-hydrogen) atoms. The lowest BCUT2D eigenvalue weighted by atomic mass is 10.3. The van der Waals surface area contributed by atoms with E-state index in [1.165, 1.54) is 0 Å². The van der Waals surface area contributed by atoms with Crippen molar-refractivity contribution in [2.75, 3.05) is 0 Å². The second-order valence-electron chi connectivity index (χ2n) is 1.78. The van der Waals surface area contributed by atoms with Crippen LogP contribution in [-0.4, -0.2) is 24.7 Å². The molecule has 0 aliphatic rings. The van der Waals surface area contributed by atoms with Gasteiger partial charge in [-0.2, -0.15) is 30.7 Å². The van der Waals surface area contributed by atoms with Crippen LogP contribution in [0.25, 0.3) is 0 Å². The van der Waals surface area contributed by atoms with E-state index < -0.39 is 18.2 Å². The van der Waals surface area contributed by atoms with Crippen LogP contribution in [0.5, 0.6) is 0 Å². The van der Waals surface area contributed by atoms with E-state index in [1.54, 1.807) is 0 Å². The molecule has 2 nitrogen and oxygen atoms in total. The zero-order valence-corrected chi connectivity index (χ0v) is 5.46. The van der Waals surface area contributed by atoms with Gasteiger partial charge >= 0.3 is 24.7 Å². The Balaban J connectivity index is 5.07. The maximum Gasteiger partial charge on any atom is 0.470 e. The number of alkyl halides is 7. The molecule has 0 amide bonds. The Labute approximate surface area is 66.3 Å². The second kappa shape index (κ2) is 3.04. The predicted octanol–water partition coefficient (Wildman–Crippen LogP) is 1.86. The smallest absolute Gasteiger partial charge is 0.404 e. The SMILES string of the molecule is O=[C]OC(F)(C(F)(F)F)C(F)(F)F. The minimum absolute atomic E-state index is 0.244. The molecule has 0 heterocycles. The molecule has 0 N–H and O–H groups in total. The fraction of sp³-hybridized carbons (Fsp3) is 0.750. The van der Waals surface area contributed by atoms with Gasteiger partial charge in [-0.05, 0) is 0 Å². The topological polar surface area (TPSA) is 26.3 Å². The van der Waals surface area contributed by atoms with Crippen LogP contribution in [-0.2, 0) is 9.53 Å². The summed E-state index contributed by atoms with van der Waals surface area (Å²) in [4.78, 5) is 9.13. The summed E-state index contributed by atoms with van der Waals surface area (Å²) >= 11 is 0. The average molecular weight is 213 g/mol. The van der Waals surface area contributed by atoms with E-state index >= 15 is 0 Å². The van der Waals surface area contributed by atoms with E-state index in [0.29, 0.717) is 0 Å². The molecule has 0 spiro atoms. The number of carbonyl (C=O) groups excluding carboxylic acids is 1. The Morgan fingerprint density at radius 1 is 0.846 bits per heavy atom. The van der Waals surface area contributed by atoms with E-state index in [2.05, 4.69) is 4.74 Å². The molecular formula is C4F7O2. The highest BCUT2D eigenvalue weighted by Gasteiger charge is 2.76. The van der Waals surface area contributed by atoms with E-state index in [4.69, 9.17) is 4.79 Å². The highest BCUT2D eigenvalue weighted by molar-refractivity contribution is 5.39. The van der Waals surface area contributed by atoms with Crippen molar-refractivity contribution in [1.29, 1.82) is 0 Å². The van der Waals surface area contributed by atoms with Crippen LogP contribution in [0.1, 0.15) is 0 Å². The first-order chi connectivity index (χ1) is 5.56. The molecule has 0 aliphatic carbocycles. The van der Waals surface area contributed by atoms with Crippen LogP contribution in [0.2, 0.25) is 0 Å². The zero-order valence-electron chi connectivity index (χ0n) is 5.46. The highest BCUT2D eigenvalue weighted by atomic mass is 19.4. The lowest BCUT2D eigenvalue weighted by Gasteiger charge is -2.26. The number of halogens is 7. The molecule has 0 rings (SSSR count). The molecule has 9 heteroatoms. The van der Waals surface area contributed by atoms with Gasteiger partial charge in [0.15, 0.2) is 0 Å². The van der Waals surface area contributed by atoms with Crippen LogP contribution in [0.15, 0.2) is 0 Å². The normalized spacial score (nSPS) is 14.1. The Hall–Kier alpha value is -1.02. The van der Waals surface area contributed by atoms with Gasteiger partial charge in [0.1, 0.15) is 0 Å². The van der Waals surface area contributed by atoms with E-state index in [-0.39, 0.29) is 6.47 Å². The summed E-state index contributed by atoms with van der Waals surface area (Å²) in [6.07, 6.45) is -12.8. The molecule has 0 saturated carbocycles. The number of rotatable bonds is 2. The summed E-state index contributed by atoms with van der Waals surface area (Å²) < 4.78 is 82.6. The van der Waals surface area contributed by atoms with Crippen LogP contribution >= 0.6 is 0 Å². The Morgan fingerprint density at radius 3 is 1.23 bits per heavy atom. The largest absolute Gasteiger partial charge is 0.470 e. The summed E-state index contributed by atoms with van der Waals surface area (Å²) in [7, 11) is 0. The molecule has 0 fully saturated rings. The number of hydrogen-bond donors (Lipinski definition) is 0. The standard InChI is InChI=1S/C4F7O2/c5-2(13-1-12,3(6,7)8)4(9,10)11. The first kappa shape index (κ1) is 12.0. The lowest BCUT2D eigenvalue weighted by Crippen LogP contribution is -2.55. The van der Waals surface area contributed by atoms with Crippen molar-refractivity contribution in [2.24, 2.45) is 0 Å². The molecule has 0 aromatic carbocycles. The van der Waals surface area contributed by atoms with Gasteiger partial charge < -0.3 is 4.74 Å². The van der Waals surface area contributed by atoms with Crippen LogP contribution in [0.3, 0.4) is 0 Å². The van der Waals surface area contributed by atoms with Crippen molar-refractivity contribution in [1.82, 2.24) is 0 Å². The van der Waals surface area contributed by atoms with Crippen molar-refractivity contribution in [3.05, 3.63) is 0 Å². The quantitative estimate of drug-likeness (QED) is 0.654. The van der Waals surface area contributed by atoms with E-state index in [9.17, 15) is 30.7 Å². The molecule has 0 atom stereocenters. The summed E-state index contributed by atoms with van der Waals surface area (Å²) in [6.45, 7) is -0.244. The first-order valence-electron chi connectivity index (χ1n) is 2.44. The third-order valence-corrected chi connectivity index (χ3v) is 0.912. The summed E-state index contributed by atoms with van der Waals surface area (Å²) in [5.41, 5.74) is 0. The maximum absolute atomic E-state index is 12.1. The van der Waals surface area contributed by atoms with Gasteiger partial charge in [0.25, 0.3) is 0 Å². The van der Waals surface area contributed by atoms with Gasteiger partial charge in [-0.15, -0.1) is 0 Å². The fourth-order valence-electron chi connectivity index (χ4n) is 0.334. The predicted molar refractivity (Wildman–Crippen MR) is 22.7 cm³/mol. The third kappa shape index (κ3) is 2.01. The van der Waals surface area contributed by atoms with Crippen LogP contribution in [0, 0.1) is 0 Å². The molecular weight excluding hydrogens is 213 g/mol. The molecule has 0 aromatic rings. The van der Waals surface area contributed by atoms with Gasteiger partial charge in [0, 0.05) is 0 Å². The van der Waals surface area contributed by atoms with E-state index in [1.807, 2.05) is 0 Å². The average Bonchev–Trinajstić information content (AvgIpc) is 1.82. The molecule has 0 unspecified atom stereocenters. The van der Waals surface area contributed by atoms with Crippen molar-refractivity contribution in [3.8, 4) is 0 Å². The van der Waals surface area contributed by atoms with E-state index in [0.717, 1.165) is 0 Å². The minimum Gasteiger partial charge on any atom is -0.404 e. The molecule has 0 aliphatic heterocycles. The molecule has 0 saturated heterocycles. The monoisotopic (exact) mass is 213 g/mol. The second-order valence-corrected chi connectivity index (χ2v) is 1.78. The van der Waals surface area contributed by atoms with Crippen molar-refractivity contribution < 1.29 is 40.3 Å². The van der Waals surface area contributed by atoms with Gasteiger partial charge in [-0.3, -0.25) is 0 Å². The Kier molecular flexibility index (Phi) is 2.80. The first-order valence-corrected chi connectivity index (χ1v) is 2.44. The van der Waals surface area contributed by atoms with Gasteiger partial charge in [-0.25, -0.2) is 4.79 Å². The lowest BCUT2D eigenvalue weighted by molar-refractivity contribution is -0.410. The molecule has 1 radical (unpaired) electrons. The fourth-order valence-corrected chi connectivity index (χ4v) is 0.334.